The Morgan fingerprint density at radius 2 is 1.76 bits per heavy atom. The van der Waals surface area contributed by atoms with Crippen LogP contribution >= 0.6 is 23.5 Å². The summed E-state index contributed by atoms with van der Waals surface area (Å²) < 4.78 is 1.17. The third kappa shape index (κ3) is 3.42. The van der Waals surface area contributed by atoms with Crippen molar-refractivity contribution < 1.29 is 4.79 Å². The van der Waals surface area contributed by atoms with E-state index in [9.17, 15) is 4.79 Å². The maximum absolute atomic E-state index is 11.8. The first-order chi connectivity index (χ1) is 10.2. The zero-order chi connectivity index (χ0) is 14.7. The molecule has 0 aliphatic carbocycles. The fourth-order valence-corrected chi connectivity index (χ4v) is 4.89. The molecule has 0 radical (unpaired) electrons. The Hall–Kier alpha value is -1.45. The van der Waals surface area contributed by atoms with Crippen molar-refractivity contribution in [2.45, 2.75) is 6.92 Å². The van der Waals surface area contributed by atoms with E-state index in [1.807, 2.05) is 24.3 Å². The van der Waals surface area contributed by atoms with Crippen LogP contribution in [0.1, 0.15) is 12.5 Å². The van der Waals surface area contributed by atoms with Crippen molar-refractivity contribution in [1.29, 1.82) is 0 Å². The lowest BCUT2D eigenvalue weighted by molar-refractivity contribution is -0.113. The zero-order valence-corrected chi connectivity index (χ0v) is 13.5. The second kappa shape index (κ2) is 6.54. The Morgan fingerprint density at radius 1 is 1.05 bits per heavy atom. The molecule has 3 heteroatoms. The lowest BCUT2D eigenvalue weighted by Gasteiger charge is -2.02. The number of thioether (sulfide) groups is 2. The van der Waals surface area contributed by atoms with E-state index in [1.54, 1.807) is 30.4 Å². The Kier molecular flexibility index (Phi) is 4.51. The van der Waals surface area contributed by atoms with Crippen molar-refractivity contribution in [2.75, 3.05) is 11.5 Å². The van der Waals surface area contributed by atoms with E-state index in [0.29, 0.717) is 0 Å². The number of benzene rings is 2. The lowest BCUT2D eigenvalue weighted by Crippen LogP contribution is -1.94. The van der Waals surface area contributed by atoms with Crippen molar-refractivity contribution in [3.8, 4) is 0 Å². The molecular weight excluding hydrogens is 296 g/mol. The molecule has 106 valence electrons. The SMILES string of the molecule is CC(=O)C(/C=C/c1ccc2ccccc2c1)=C1SCCS1. The molecule has 0 aromatic heterocycles. The van der Waals surface area contributed by atoms with Gasteiger partial charge in [0.2, 0.25) is 0 Å². The summed E-state index contributed by atoms with van der Waals surface area (Å²) in [6.45, 7) is 1.65. The van der Waals surface area contributed by atoms with Gasteiger partial charge in [-0.3, -0.25) is 4.79 Å². The van der Waals surface area contributed by atoms with E-state index >= 15 is 0 Å². The van der Waals surface area contributed by atoms with E-state index in [2.05, 4.69) is 30.3 Å². The van der Waals surface area contributed by atoms with Gasteiger partial charge in [0.05, 0.1) is 4.24 Å². The number of Topliss-reactive ketones (excluding diaryl/α,β-unsaturated/α-hetero) is 1. The summed E-state index contributed by atoms with van der Waals surface area (Å²) in [5.41, 5.74) is 1.97. The maximum atomic E-state index is 11.8. The van der Waals surface area contributed by atoms with Crippen LogP contribution in [0.2, 0.25) is 0 Å². The fourth-order valence-electron chi connectivity index (χ4n) is 2.29. The maximum Gasteiger partial charge on any atom is 0.161 e. The molecule has 0 amide bonds. The molecule has 0 unspecified atom stereocenters. The molecular formula is C18H16OS2. The Morgan fingerprint density at radius 3 is 2.48 bits per heavy atom. The predicted molar refractivity (Wildman–Crippen MR) is 95.6 cm³/mol. The molecule has 1 aliphatic heterocycles. The van der Waals surface area contributed by atoms with E-state index in [1.165, 1.54) is 15.0 Å². The molecule has 0 bridgehead atoms. The van der Waals surface area contributed by atoms with Gasteiger partial charge in [-0.25, -0.2) is 0 Å². The number of carbonyl (C=O) groups excluding carboxylic acids is 1. The van der Waals surface area contributed by atoms with E-state index in [-0.39, 0.29) is 5.78 Å². The van der Waals surface area contributed by atoms with Gasteiger partial charge in [0.1, 0.15) is 0 Å². The van der Waals surface area contributed by atoms with Gasteiger partial charge >= 0.3 is 0 Å². The first-order valence-corrected chi connectivity index (χ1v) is 8.89. The highest BCUT2D eigenvalue weighted by Gasteiger charge is 2.15. The average molecular weight is 312 g/mol. The van der Waals surface area contributed by atoms with Crippen molar-refractivity contribution in [2.24, 2.45) is 0 Å². The second-order valence-electron chi connectivity index (χ2n) is 4.89. The fraction of sp³-hybridized carbons (Fsp3) is 0.167. The van der Waals surface area contributed by atoms with Crippen LogP contribution < -0.4 is 0 Å². The number of fused-ring (bicyclic) bond motifs is 1. The monoisotopic (exact) mass is 312 g/mol. The molecule has 3 rings (SSSR count). The minimum Gasteiger partial charge on any atom is -0.294 e. The van der Waals surface area contributed by atoms with Gasteiger partial charge < -0.3 is 0 Å². The number of hydrogen-bond donors (Lipinski definition) is 0. The quantitative estimate of drug-likeness (QED) is 0.731. The molecule has 0 atom stereocenters. The molecule has 1 fully saturated rings. The highest BCUT2D eigenvalue weighted by molar-refractivity contribution is 8.25. The van der Waals surface area contributed by atoms with E-state index < -0.39 is 0 Å². The summed E-state index contributed by atoms with van der Waals surface area (Å²) in [6, 6.07) is 14.7. The van der Waals surface area contributed by atoms with Crippen molar-refractivity contribution in [3.63, 3.8) is 0 Å². The molecule has 21 heavy (non-hydrogen) atoms. The van der Waals surface area contributed by atoms with Crippen LogP contribution in [-0.4, -0.2) is 17.3 Å². The number of allylic oxidation sites excluding steroid dienone is 2. The van der Waals surface area contributed by atoms with Gasteiger partial charge in [-0.15, -0.1) is 23.5 Å². The minimum atomic E-state index is 0.143. The summed E-state index contributed by atoms with van der Waals surface area (Å²) in [5.74, 6) is 2.34. The number of rotatable bonds is 3. The van der Waals surface area contributed by atoms with Gasteiger partial charge in [-0.2, -0.15) is 0 Å². The molecule has 0 N–H and O–H groups in total. The number of ketones is 1. The topological polar surface area (TPSA) is 17.1 Å². The summed E-state index contributed by atoms with van der Waals surface area (Å²) in [4.78, 5) is 11.8. The molecule has 1 nitrogen and oxygen atoms in total. The first-order valence-electron chi connectivity index (χ1n) is 6.92. The highest BCUT2D eigenvalue weighted by Crippen LogP contribution is 2.39. The lowest BCUT2D eigenvalue weighted by atomic mass is 10.1. The predicted octanol–water partition coefficient (Wildman–Crippen LogP) is 5.13. The summed E-state index contributed by atoms with van der Waals surface area (Å²) in [6.07, 6.45) is 4.00. The number of carbonyl (C=O) groups is 1. The largest absolute Gasteiger partial charge is 0.294 e. The smallest absolute Gasteiger partial charge is 0.161 e. The molecule has 1 heterocycles. The van der Waals surface area contributed by atoms with Crippen LogP contribution in [0.5, 0.6) is 0 Å². The van der Waals surface area contributed by atoms with Gasteiger partial charge in [-0.1, -0.05) is 42.5 Å². The first kappa shape index (κ1) is 14.5. The highest BCUT2D eigenvalue weighted by atomic mass is 32.2. The van der Waals surface area contributed by atoms with Crippen LogP contribution in [0.15, 0.2) is 58.4 Å². The summed E-state index contributed by atoms with van der Waals surface area (Å²) in [7, 11) is 0. The Bertz CT molecular complexity index is 736. The average Bonchev–Trinajstić information content (AvgIpc) is 3.01. The van der Waals surface area contributed by atoms with Crippen molar-refractivity contribution in [1.82, 2.24) is 0 Å². The minimum absolute atomic E-state index is 0.143. The van der Waals surface area contributed by atoms with E-state index in [4.69, 9.17) is 0 Å². The van der Waals surface area contributed by atoms with Gasteiger partial charge in [0.15, 0.2) is 5.78 Å². The molecule has 2 aromatic rings. The molecule has 1 aliphatic rings. The standard InChI is InChI=1S/C18H16OS2/c1-13(19)17(18-20-10-11-21-18)9-7-14-6-8-15-4-2-3-5-16(15)12-14/h2-9,12H,10-11H2,1H3/b9-7+. The van der Waals surface area contributed by atoms with E-state index in [0.717, 1.165) is 22.6 Å². The molecule has 2 aromatic carbocycles. The van der Waals surface area contributed by atoms with Crippen molar-refractivity contribution >= 4 is 46.2 Å². The third-order valence-electron chi connectivity index (χ3n) is 3.36. The van der Waals surface area contributed by atoms with Crippen LogP contribution in [0.3, 0.4) is 0 Å². The number of hydrogen-bond acceptors (Lipinski definition) is 3. The van der Waals surface area contributed by atoms with Crippen LogP contribution in [0, 0.1) is 0 Å². The van der Waals surface area contributed by atoms with Crippen LogP contribution in [0.4, 0.5) is 0 Å². The molecule has 1 saturated heterocycles. The van der Waals surface area contributed by atoms with Gasteiger partial charge in [-0.05, 0) is 35.4 Å². The van der Waals surface area contributed by atoms with Gasteiger partial charge in [0, 0.05) is 17.1 Å². The second-order valence-corrected chi connectivity index (χ2v) is 7.36. The molecule has 0 saturated carbocycles. The van der Waals surface area contributed by atoms with Crippen LogP contribution in [0.25, 0.3) is 16.8 Å². The Labute approximate surface area is 133 Å². The van der Waals surface area contributed by atoms with Crippen LogP contribution in [-0.2, 0) is 4.79 Å². The third-order valence-corrected chi connectivity index (χ3v) is 6.11. The summed E-state index contributed by atoms with van der Waals surface area (Å²) >= 11 is 3.57. The van der Waals surface area contributed by atoms with Gasteiger partial charge in [0.25, 0.3) is 0 Å². The molecule has 0 spiro atoms. The Balaban J connectivity index is 1.92. The van der Waals surface area contributed by atoms with Crippen molar-refractivity contribution in [3.05, 3.63) is 63.9 Å². The summed E-state index contributed by atoms with van der Waals surface area (Å²) in [5, 5.41) is 2.46. The normalized spacial score (nSPS) is 15.0. The zero-order valence-electron chi connectivity index (χ0n) is 11.8.